The molecular weight excluding hydrogens is 326 g/mol. The predicted octanol–water partition coefficient (Wildman–Crippen LogP) is 3.64. The van der Waals surface area contributed by atoms with Crippen LogP contribution >= 0.6 is 0 Å². The first kappa shape index (κ1) is 16.7. The first-order valence-corrected chi connectivity index (χ1v) is 9.18. The molecule has 1 aliphatic rings. The zero-order valence-electron chi connectivity index (χ0n) is 14.8. The minimum absolute atomic E-state index is 0.484. The number of nitrogens with two attached hydrogens (primary N) is 1. The monoisotopic (exact) mass is 349 g/mol. The summed E-state index contributed by atoms with van der Waals surface area (Å²) < 4.78 is 5.43. The van der Waals surface area contributed by atoms with E-state index in [-0.39, 0.29) is 0 Å². The smallest absolute Gasteiger partial charge is 0.259 e. The lowest BCUT2D eigenvalue weighted by Crippen LogP contribution is -2.24. The Morgan fingerprint density at radius 1 is 0.923 bits per heavy atom. The van der Waals surface area contributed by atoms with E-state index >= 15 is 0 Å². The topological polar surface area (TPSA) is 81.1 Å². The summed E-state index contributed by atoms with van der Waals surface area (Å²) in [4.78, 5) is 11.5. The van der Waals surface area contributed by atoms with E-state index in [4.69, 9.17) is 10.3 Å². The van der Waals surface area contributed by atoms with Crippen LogP contribution < -0.4 is 10.6 Å². The van der Waals surface area contributed by atoms with Crippen LogP contribution in [-0.4, -0.2) is 28.2 Å². The number of hydrogen-bond acceptors (Lipinski definition) is 6. The van der Waals surface area contributed by atoms with Crippen LogP contribution in [0.2, 0.25) is 0 Å². The number of pyridine rings is 1. The van der Waals surface area contributed by atoms with Crippen LogP contribution in [0.3, 0.4) is 0 Å². The van der Waals surface area contributed by atoms with Crippen molar-refractivity contribution in [1.29, 1.82) is 0 Å². The van der Waals surface area contributed by atoms with Crippen LogP contribution in [0.4, 0.5) is 5.82 Å². The van der Waals surface area contributed by atoms with Crippen molar-refractivity contribution < 1.29 is 4.52 Å². The Morgan fingerprint density at radius 3 is 2.31 bits per heavy atom. The fraction of sp³-hybridized carbons (Fsp3) is 0.350. The molecule has 2 N–H and O–H groups in total. The maximum atomic E-state index is 5.63. The van der Waals surface area contributed by atoms with Gasteiger partial charge in [-0.3, -0.25) is 0 Å². The highest BCUT2D eigenvalue weighted by atomic mass is 16.5. The van der Waals surface area contributed by atoms with Gasteiger partial charge in [0.15, 0.2) is 0 Å². The molecule has 134 valence electrons. The summed E-state index contributed by atoms with van der Waals surface area (Å²) in [6.45, 7) is 2.68. The van der Waals surface area contributed by atoms with E-state index < -0.39 is 0 Å². The molecule has 0 amide bonds. The van der Waals surface area contributed by atoms with E-state index in [1.807, 2.05) is 42.6 Å². The van der Waals surface area contributed by atoms with Gasteiger partial charge in [0.05, 0.1) is 5.56 Å². The molecule has 3 aromatic rings. The maximum Gasteiger partial charge on any atom is 0.259 e. The van der Waals surface area contributed by atoms with E-state index in [1.54, 1.807) is 0 Å². The number of hydrogen-bond donors (Lipinski definition) is 1. The van der Waals surface area contributed by atoms with Gasteiger partial charge in [-0.15, -0.1) is 0 Å². The van der Waals surface area contributed by atoms with Crippen molar-refractivity contribution in [3.8, 4) is 22.8 Å². The summed E-state index contributed by atoms with van der Waals surface area (Å²) in [6.07, 6.45) is 6.91. The van der Waals surface area contributed by atoms with Gasteiger partial charge in [0, 0.05) is 31.4 Å². The molecule has 1 aromatic carbocycles. The molecule has 3 heterocycles. The average molecular weight is 349 g/mol. The van der Waals surface area contributed by atoms with E-state index in [0.717, 1.165) is 35.6 Å². The Hall–Kier alpha value is -2.73. The van der Waals surface area contributed by atoms with E-state index in [9.17, 15) is 0 Å². The molecule has 1 fully saturated rings. The van der Waals surface area contributed by atoms with Gasteiger partial charge >= 0.3 is 0 Å². The highest BCUT2D eigenvalue weighted by Gasteiger charge is 2.14. The molecule has 0 aliphatic carbocycles. The molecule has 0 spiro atoms. The standard InChI is InChI=1S/C20H23N5O/c21-13-15-5-7-16(8-6-15)19-23-20(26-24-19)17-9-10-18(22-14-17)25-11-3-1-2-4-12-25/h5-10,14H,1-4,11-13,21H2. The van der Waals surface area contributed by atoms with Crippen molar-refractivity contribution >= 4 is 5.82 Å². The zero-order valence-corrected chi connectivity index (χ0v) is 14.8. The molecule has 4 rings (SSSR count). The molecule has 6 nitrogen and oxygen atoms in total. The Balaban J connectivity index is 1.51. The molecule has 2 aromatic heterocycles. The van der Waals surface area contributed by atoms with Crippen LogP contribution in [0.15, 0.2) is 47.1 Å². The fourth-order valence-electron chi connectivity index (χ4n) is 3.25. The lowest BCUT2D eigenvalue weighted by molar-refractivity contribution is 0.432. The number of nitrogens with zero attached hydrogens (tertiary/aromatic N) is 4. The van der Waals surface area contributed by atoms with Gasteiger partial charge < -0.3 is 15.2 Å². The predicted molar refractivity (Wildman–Crippen MR) is 102 cm³/mol. The SMILES string of the molecule is NCc1ccc(-c2noc(-c3ccc(N4CCCCCC4)nc3)n2)cc1. The van der Waals surface area contributed by atoms with E-state index in [1.165, 1.54) is 25.7 Å². The third-order valence-corrected chi connectivity index (χ3v) is 4.80. The molecule has 1 saturated heterocycles. The second kappa shape index (κ2) is 7.66. The number of anilines is 1. The van der Waals surface area contributed by atoms with Gasteiger partial charge in [0.25, 0.3) is 5.89 Å². The molecule has 0 saturated carbocycles. The van der Waals surface area contributed by atoms with Crippen LogP contribution in [0.25, 0.3) is 22.8 Å². The van der Waals surface area contributed by atoms with Gasteiger partial charge in [0.2, 0.25) is 5.82 Å². The number of aromatic nitrogens is 3. The van der Waals surface area contributed by atoms with Gasteiger partial charge in [-0.25, -0.2) is 4.98 Å². The molecule has 1 aliphatic heterocycles. The van der Waals surface area contributed by atoms with Crippen LogP contribution in [0.5, 0.6) is 0 Å². The Morgan fingerprint density at radius 2 is 1.65 bits per heavy atom. The molecule has 0 unspecified atom stereocenters. The van der Waals surface area contributed by atoms with Gasteiger partial charge in [-0.05, 0) is 30.5 Å². The Kier molecular flexibility index (Phi) is 4.93. The lowest BCUT2D eigenvalue weighted by Gasteiger charge is -2.21. The van der Waals surface area contributed by atoms with Gasteiger partial charge in [0.1, 0.15) is 5.82 Å². The first-order chi connectivity index (χ1) is 12.8. The second-order valence-corrected chi connectivity index (χ2v) is 6.63. The van der Waals surface area contributed by atoms with Crippen LogP contribution in [0.1, 0.15) is 31.2 Å². The highest BCUT2D eigenvalue weighted by Crippen LogP contribution is 2.24. The summed E-state index contributed by atoms with van der Waals surface area (Å²) in [7, 11) is 0. The van der Waals surface area contributed by atoms with E-state index in [2.05, 4.69) is 20.0 Å². The zero-order chi connectivity index (χ0) is 17.8. The Bertz CT molecular complexity index is 833. The number of rotatable bonds is 4. The number of benzene rings is 1. The maximum absolute atomic E-state index is 5.63. The molecular formula is C20H23N5O. The van der Waals surface area contributed by atoms with Crippen LogP contribution in [0, 0.1) is 0 Å². The normalized spacial score (nSPS) is 15.0. The van der Waals surface area contributed by atoms with Crippen molar-refractivity contribution in [2.24, 2.45) is 5.73 Å². The second-order valence-electron chi connectivity index (χ2n) is 6.63. The molecule has 6 heteroatoms. The molecule has 0 radical (unpaired) electrons. The molecule has 0 atom stereocenters. The van der Waals surface area contributed by atoms with Crippen molar-refractivity contribution in [3.63, 3.8) is 0 Å². The van der Waals surface area contributed by atoms with Gasteiger partial charge in [-0.2, -0.15) is 4.98 Å². The molecule has 0 bridgehead atoms. The summed E-state index contributed by atoms with van der Waals surface area (Å²) in [5.74, 6) is 2.07. The average Bonchev–Trinajstić information content (AvgIpc) is 3.04. The third kappa shape index (κ3) is 3.60. The van der Waals surface area contributed by atoms with E-state index in [0.29, 0.717) is 18.3 Å². The summed E-state index contributed by atoms with van der Waals surface area (Å²) in [6, 6.07) is 11.9. The Labute approximate surface area is 153 Å². The summed E-state index contributed by atoms with van der Waals surface area (Å²) in [5.41, 5.74) is 8.45. The van der Waals surface area contributed by atoms with Crippen molar-refractivity contribution in [2.75, 3.05) is 18.0 Å². The summed E-state index contributed by atoms with van der Waals surface area (Å²) in [5, 5.41) is 4.09. The van der Waals surface area contributed by atoms with Crippen molar-refractivity contribution in [2.45, 2.75) is 32.2 Å². The van der Waals surface area contributed by atoms with Crippen molar-refractivity contribution in [1.82, 2.24) is 15.1 Å². The highest BCUT2D eigenvalue weighted by molar-refractivity contribution is 5.60. The summed E-state index contributed by atoms with van der Waals surface area (Å²) >= 11 is 0. The minimum atomic E-state index is 0.484. The molecule has 26 heavy (non-hydrogen) atoms. The lowest BCUT2D eigenvalue weighted by atomic mass is 10.1. The minimum Gasteiger partial charge on any atom is -0.357 e. The van der Waals surface area contributed by atoms with Gasteiger partial charge in [-0.1, -0.05) is 42.3 Å². The van der Waals surface area contributed by atoms with Crippen molar-refractivity contribution in [3.05, 3.63) is 48.2 Å². The third-order valence-electron chi connectivity index (χ3n) is 4.80. The van der Waals surface area contributed by atoms with Crippen LogP contribution in [-0.2, 0) is 6.54 Å². The fourth-order valence-corrected chi connectivity index (χ4v) is 3.25. The first-order valence-electron chi connectivity index (χ1n) is 9.18. The largest absolute Gasteiger partial charge is 0.357 e. The quantitative estimate of drug-likeness (QED) is 0.774.